The largest absolute Gasteiger partial charge is 0.397 e. The Morgan fingerprint density at radius 1 is 1.12 bits per heavy atom. The molecule has 7 heteroatoms. The lowest BCUT2D eigenvalue weighted by Gasteiger charge is -2.41. The van der Waals surface area contributed by atoms with Gasteiger partial charge in [-0.2, -0.15) is 0 Å². The molecule has 3 N–H and O–H groups in total. The summed E-state index contributed by atoms with van der Waals surface area (Å²) in [4.78, 5) is 30.8. The number of carbonyl (C=O) groups is 2. The van der Waals surface area contributed by atoms with Crippen LogP contribution in [0.3, 0.4) is 0 Å². The van der Waals surface area contributed by atoms with Crippen molar-refractivity contribution < 1.29 is 9.59 Å². The minimum absolute atomic E-state index is 0.128. The number of nitrogen functional groups attached to an aromatic ring is 1. The molecule has 1 unspecified atom stereocenters. The zero-order valence-electron chi connectivity index (χ0n) is 18.8. The van der Waals surface area contributed by atoms with E-state index in [0.29, 0.717) is 36.8 Å². The Morgan fingerprint density at radius 3 is 2.66 bits per heavy atom. The van der Waals surface area contributed by atoms with Crippen LogP contribution in [0.4, 0.5) is 11.4 Å². The summed E-state index contributed by atoms with van der Waals surface area (Å²) in [6, 6.07) is 16.4. The molecule has 0 aliphatic carbocycles. The summed E-state index contributed by atoms with van der Waals surface area (Å²) in [6.45, 7) is 4.77. The highest BCUT2D eigenvalue weighted by molar-refractivity contribution is 5.96. The number of piperazine rings is 1. The van der Waals surface area contributed by atoms with E-state index in [1.54, 1.807) is 6.07 Å². The van der Waals surface area contributed by atoms with Crippen molar-refractivity contribution in [3.05, 3.63) is 59.7 Å². The molecule has 0 saturated carbocycles. The molecule has 32 heavy (non-hydrogen) atoms. The number of benzene rings is 2. The van der Waals surface area contributed by atoms with Gasteiger partial charge in [0.2, 0.25) is 5.91 Å². The molecule has 170 valence electrons. The first-order chi connectivity index (χ1) is 15.5. The number of anilines is 2. The van der Waals surface area contributed by atoms with E-state index in [4.69, 9.17) is 5.73 Å². The molecule has 2 heterocycles. The standard InChI is InChI=1S/C25H33N5O2/c1-28-15-16-30(18-23(28)19-7-3-2-4-8-19)22-11-10-20(17-21(22)26)25(32)27-12-6-14-29-13-5-9-24(29)31/h2-4,7-8,10-11,17,23H,5-6,9,12-16,18,26H2,1H3,(H,27,32). The van der Waals surface area contributed by atoms with Crippen molar-refractivity contribution >= 4 is 23.2 Å². The van der Waals surface area contributed by atoms with Crippen molar-refractivity contribution in [2.24, 2.45) is 0 Å². The molecule has 2 fully saturated rings. The number of nitrogens with one attached hydrogen (secondary N) is 1. The predicted molar refractivity (Wildman–Crippen MR) is 128 cm³/mol. The van der Waals surface area contributed by atoms with Gasteiger partial charge in [0.05, 0.1) is 17.4 Å². The van der Waals surface area contributed by atoms with Gasteiger partial charge in [0, 0.05) is 51.3 Å². The minimum Gasteiger partial charge on any atom is -0.397 e. The van der Waals surface area contributed by atoms with Gasteiger partial charge >= 0.3 is 0 Å². The maximum atomic E-state index is 12.6. The molecule has 2 saturated heterocycles. The molecule has 2 aliphatic heterocycles. The van der Waals surface area contributed by atoms with Crippen molar-refractivity contribution in [3.63, 3.8) is 0 Å². The van der Waals surface area contributed by atoms with Crippen molar-refractivity contribution in [2.45, 2.75) is 25.3 Å². The maximum Gasteiger partial charge on any atom is 0.251 e. The van der Waals surface area contributed by atoms with Crippen LogP contribution >= 0.6 is 0 Å². The molecule has 2 aromatic rings. The SMILES string of the molecule is CN1CCN(c2ccc(C(=O)NCCCN3CCCC3=O)cc2N)CC1c1ccccc1. The molecule has 2 aliphatic rings. The van der Waals surface area contributed by atoms with Crippen LogP contribution in [0.1, 0.15) is 41.2 Å². The fourth-order valence-corrected chi connectivity index (χ4v) is 4.63. The van der Waals surface area contributed by atoms with Crippen LogP contribution < -0.4 is 16.0 Å². The van der Waals surface area contributed by atoms with Crippen LogP contribution in [-0.2, 0) is 4.79 Å². The number of hydrogen-bond donors (Lipinski definition) is 2. The average molecular weight is 436 g/mol. The normalized spacial score (nSPS) is 19.4. The van der Waals surface area contributed by atoms with Gasteiger partial charge in [0.15, 0.2) is 0 Å². The number of rotatable bonds is 7. The highest BCUT2D eigenvalue weighted by atomic mass is 16.2. The Balaban J connectivity index is 1.34. The quantitative estimate of drug-likeness (QED) is 0.516. The van der Waals surface area contributed by atoms with E-state index in [1.165, 1.54) is 5.56 Å². The summed E-state index contributed by atoms with van der Waals surface area (Å²) in [6.07, 6.45) is 2.35. The zero-order chi connectivity index (χ0) is 22.5. The molecule has 2 amide bonds. The summed E-state index contributed by atoms with van der Waals surface area (Å²) in [5.41, 5.74) is 9.84. The number of likely N-dealkylation sites (tertiary alicyclic amines) is 1. The summed E-state index contributed by atoms with van der Waals surface area (Å²) < 4.78 is 0. The van der Waals surface area contributed by atoms with Gasteiger partial charge in [0.25, 0.3) is 5.91 Å². The van der Waals surface area contributed by atoms with Crippen LogP contribution in [0, 0.1) is 0 Å². The van der Waals surface area contributed by atoms with E-state index >= 15 is 0 Å². The molecule has 0 aromatic heterocycles. The Bertz CT molecular complexity index is 949. The van der Waals surface area contributed by atoms with Gasteiger partial charge in [0.1, 0.15) is 0 Å². The number of likely N-dealkylation sites (N-methyl/N-ethyl adjacent to an activating group) is 1. The van der Waals surface area contributed by atoms with Crippen LogP contribution in [0.5, 0.6) is 0 Å². The maximum absolute atomic E-state index is 12.6. The highest BCUT2D eigenvalue weighted by Gasteiger charge is 2.27. The third kappa shape index (κ3) is 5.05. The Kier molecular flexibility index (Phi) is 6.95. The summed E-state index contributed by atoms with van der Waals surface area (Å²) in [7, 11) is 2.16. The second-order valence-electron chi connectivity index (χ2n) is 8.72. The van der Waals surface area contributed by atoms with Gasteiger partial charge in [-0.05, 0) is 43.7 Å². The zero-order valence-corrected chi connectivity index (χ0v) is 18.8. The van der Waals surface area contributed by atoms with E-state index in [1.807, 2.05) is 23.1 Å². The van der Waals surface area contributed by atoms with Crippen LogP contribution in [0.15, 0.2) is 48.5 Å². The molecule has 2 aromatic carbocycles. The molecule has 0 bridgehead atoms. The predicted octanol–water partition coefficient (Wildman–Crippen LogP) is 2.50. The second kappa shape index (κ2) is 10.0. The van der Waals surface area contributed by atoms with E-state index in [2.05, 4.69) is 46.4 Å². The smallest absolute Gasteiger partial charge is 0.251 e. The minimum atomic E-state index is -0.128. The van der Waals surface area contributed by atoms with Crippen LogP contribution in [-0.4, -0.2) is 67.9 Å². The lowest BCUT2D eigenvalue weighted by molar-refractivity contribution is -0.127. The van der Waals surface area contributed by atoms with E-state index in [-0.39, 0.29) is 11.8 Å². The fourth-order valence-electron chi connectivity index (χ4n) is 4.63. The van der Waals surface area contributed by atoms with Crippen molar-refractivity contribution in [3.8, 4) is 0 Å². The van der Waals surface area contributed by atoms with E-state index in [0.717, 1.165) is 44.7 Å². The second-order valence-corrected chi connectivity index (χ2v) is 8.72. The third-order valence-corrected chi connectivity index (χ3v) is 6.52. The van der Waals surface area contributed by atoms with E-state index < -0.39 is 0 Å². The molecule has 1 atom stereocenters. The average Bonchev–Trinajstić information content (AvgIpc) is 3.22. The van der Waals surface area contributed by atoms with Crippen LogP contribution in [0.25, 0.3) is 0 Å². The van der Waals surface area contributed by atoms with Crippen molar-refractivity contribution in [1.29, 1.82) is 0 Å². The first kappa shape index (κ1) is 22.1. The van der Waals surface area contributed by atoms with Crippen molar-refractivity contribution in [1.82, 2.24) is 15.1 Å². The topological polar surface area (TPSA) is 81.9 Å². The van der Waals surface area contributed by atoms with Gasteiger partial charge in [-0.15, -0.1) is 0 Å². The molecule has 0 spiro atoms. The third-order valence-electron chi connectivity index (χ3n) is 6.52. The summed E-state index contributed by atoms with van der Waals surface area (Å²) in [5, 5.41) is 2.95. The number of hydrogen-bond acceptors (Lipinski definition) is 5. The molecule has 0 radical (unpaired) electrons. The van der Waals surface area contributed by atoms with Crippen LogP contribution in [0.2, 0.25) is 0 Å². The number of amides is 2. The Morgan fingerprint density at radius 2 is 1.94 bits per heavy atom. The summed E-state index contributed by atoms with van der Waals surface area (Å²) >= 11 is 0. The van der Waals surface area contributed by atoms with Gasteiger partial charge in [-0.25, -0.2) is 0 Å². The number of nitrogens with zero attached hydrogens (tertiary/aromatic N) is 3. The molecular weight excluding hydrogens is 402 g/mol. The van der Waals surface area contributed by atoms with Gasteiger partial charge in [-0.3, -0.25) is 14.5 Å². The summed E-state index contributed by atoms with van der Waals surface area (Å²) in [5.74, 6) is 0.0923. The number of carbonyl (C=O) groups excluding carboxylic acids is 2. The fraction of sp³-hybridized carbons (Fsp3) is 0.440. The first-order valence-electron chi connectivity index (χ1n) is 11.5. The lowest BCUT2D eigenvalue weighted by Crippen LogP contribution is -2.47. The Labute approximate surface area is 190 Å². The molecule has 4 rings (SSSR count). The first-order valence-corrected chi connectivity index (χ1v) is 11.5. The molecular formula is C25H33N5O2. The van der Waals surface area contributed by atoms with Gasteiger partial charge in [-0.1, -0.05) is 30.3 Å². The van der Waals surface area contributed by atoms with Crippen molar-refractivity contribution in [2.75, 3.05) is 56.9 Å². The Hall–Kier alpha value is -3.06. The highest BCUT2D eigenvalue weighted by Crippen LogP contribution is 2.31. The number of nitrogens with two attached hydrogens (primary N) is 1. The molecule has 7 nitrogen and oxygen atoms in total. The van der Waals surface area contributed by atoms with E-state index in [9.17, 15) is 9.59 Å². The monoisotopic (exact) mass is 435 g/mol. The lowest BCUT2D eigenvalue weighted by atomic mass is 10.0. The van der Waals surface area contributed by atoms with Gasteiger partial charge < -0.3 is 20.9 Å².